The SMILES string of the molecule is O=C(Cc1ccc(F)cc1)NCCn1nc(-c2ccccn2)cc1C1CC1. The summed E-state index contributed by atoms with van der Waals surface area (Å²) in [6, 6.07) is 13.9. The van der Waals surface area contributed by atoms with Crippen LogP contribution in [0.25, 0.3) is 11.4 Å². The number of halogens is 1. The van der Waals surface area contributed by atoms with E-state index in [0.717, 1.165) is 17.0 Å². The monoisotopic (exact) mass is 364 g/mol. The third-order valence-corrected chi connectivity index (χ3v) is 4.66. The molecule has 1 amide bonds. The molecule has 0 saturated heterocycles. The van der Waals surface area contributed by atoms with E-state index >= 15 is 0 Å². The first kappa shape index (κ1) is 17.4. The van der Waals surface area contributed by atoms with Crippen molar-refractivity contribution >= 4 is 5.91 Å². The molecule has 2 aromatic heterocycles. The number of pyridine rings is 1. The van der Waals surface area contributed by atoms with Crippen molar-refractivity contribution in [1.29, 1.82) is 0 Å². The van der Waals surface area contributed by atoms with Crippen molar-refractivity contribution < 1.29 is 9.18 Å². The van der Waals surface area contributed by atoms with Gasteiger partial charge in [-0.15, -0.1) is 0 Å². The quantitative estimate of drug-likeness (QED) is 0.700. The molecule has 3 aromatic rings. The molecule has 1 aliphatic rings. The molecular weight excluding hydrogens is 343 g/mol. The summed E-state index contributed by atoms with van der Waals surface area (Å²) in [5.74, 6) is 0.186. The van der Waals surface area contributed by atoms with E-state index in [2.05, 4.69) is 16.4 Å². The number of carbonyl (C=O) groups is 1. The molecule has 1 aromatic carbocycles. The smallest absolute Gasteiger partial charge is 0.224 e. The fourth-order valence-electron chi connectivity index (χ4n) is 3.11. The van der Waals surface area contributed by atoms with Gasteiger partial charge in [-0.3, -0.25) is 14.5 Å². The predicted octanol–water partition coefficient (Wildman–Crippen LogP) is 3.32. The number of carbonyl (C=O) groups excluding carboxylic acids is 1. The number of hydrogen-bond acceptors (Lipinski definition) is 3. The Morgan fingerprint density at radius 1 is 1.15 bits per heavy atom. The Kier molecular flexibility index (Phi) is 4.96. The second-order valence-electron chi connectivity index (χ2n) is 6.82. The Labute approximate surface area is 157 Å². The lowest BCUT2D eigenvalue weighted by atomic mass is 10.1. The van der Waals surface area contributed by atoms with E-state index in [1.165, 1.54) is 30.7 Å². The minimum absolute atomic E-state index is 0.0771. The standard InChI is InChI=1S/C21H21FN4O/c22-17-8-4-15(5-9-17)13-21(27)24-11-12-26-20(16-6-7-16)14-19(25-26)18-3-1-2-10-23-18/h1-5,8-10,14,16H,6-7,11-13H2,(H,24,27). The zero-order valence-electron chi connectivity index (χ0n) is 14.9. The first-order valence-electron chi connectivity index (χ1n) is 9.19. The minimum atomic E-state index is -0.297. The Morgan fingerprint density at radius 2 is 1.96 bits per heavy atom. The molecule has 1 saturated carbocycles. The van der Waals surface area contributed by atoms with Crippen LogP contribution in [-0.4, -0.2) is 27.2 Å². The molecule has 27 heavy (non-hydrogen) atoms. The zero-order valence-corrected chi connectivity index (χ0v) is 14.9. The van der Waals surface area contributed by atoms with E-state index in [4.69, 9.17) is 5.10 Å². The molecule has 138 valence electrons. The molecule has 0 spiro atoms. The van der Waals surface area contributed by atoms with Crippen molar-refractivity contribution in [2.24, 2.45) is 0 Å². The third kappa shape index (κ3) is 4.39. The predicted molar refractivity (Wildman–Crippen MR) is 101 cm³/mol. The van der Waals surface area contributed by atoms with Gasteiger partial charge in [-0.1, -0.05) is 18.2 Å². The first-order valence-corrected chi connectivity index (χ1v) is 9.19. The van der Waals surface area contributed by atoms with Crippen molar-refractivity contribution in [2.75, 3.05) is 6.54 Å². The number of nitrogens with zero attached hydrogens (tertiary/aromatic N) is 3. The Hall–Kier alpha value is -3.02. The minimum Gasteiger partial charge on any atom is -0.354 e. The third-order valence-electron chi connectivity index (χ3n) is 4.66. The van der Waals surface area contributed by atoms with Crippen LogP contribution in [0.1, 0.15) is 30.0 Å². The van der Waals surface area contributed by atoms with E-state index in [9.17, 15) is 9.18 Å². The molecular formula is C21H21FN4O. The number of rotatable bonds is 7. The van der Waals surface area contributed by atoms with Crippen molar-refractivity contribution in [3.63, 3.8) is 0 Å². The maximum absolute atomic E-state index is 12.9. The average Bonchev–Trinajstić information content (AvgIpc) is 3.44. The van der Waals surface area contributed by atoms with Crippen LogP contribution in [0.4, 0.5) is 4.39 Å². The molecule has 0 atom stereocenters. The van der Waals surface area contributed by atoms with Gasteiger partial charge in [0.2, 0.25) is 5.91 Å². The molecule has 1 fully saturated rings. The fraction of sp³-hybridized carbons (Fsp3) is 0.286. The summed E-state index contributed by atoms with van der Waals surface area (Å²) in [6.07, 6.45) is 4.38. The summed E-state index contributed by atoms with van der Waals surface area (Å²) in [6.45, 7) is 1.12. The average molecular weight is 364 g/mol. The summed E-state index contributed by atoms with van der Waals surface area (Å²) in [4.78, 5) is 16.5. The van der Waals surface area contributed by atoms with Gasteiger partial charge in [0.25, 0.3) is 0 Å². The lowest BCUT2D eigenvalue weighted by Crippen LogP contribution is -2.29. The first-order chi connectivity index (χ1) is 13.2. The van der Waals surface area contributed by atoms with E-state index in [-0.39, 0.29) is 18.1 Å². The van der Waals surface area contributed by atoms with Gasteiger partial charge in [0.15, 0.2) is 0 Å². The summed E-state index contributed by atoms with van der Waals surface area (Å²) in [5.41, 5.74) is 3.74. The summed E-state index contributed by atoms with van der Waals surface area (Å²) >= 11 is 0. The van der Waals surface area contributed by atoms with Gasteiger partial charge in [-0.2, -0.15) is 5.10 Å². The van der Waals surface area contributed by atoms with E-state index in [0.29, 0.717) is 19.0 Å². The van der Waals surface area contributed by atoms with E-state index < -0.39 is 0 Å². The van der Waals surface area contributed by atoms with Gasteiger partial charge in [0.05, 0.1) is 18.7 Å². The van der Waals surface area contributed by atoms with E-state index in [1.54, 1.807) is 18.3 Å². The number of hydrogen-bond donors (Lipinski definition) is 1. The van der Waals surface area contributed by atoms with Gasteiger partial charge in [-0.25, -0.2) is 4.39 Å². The van der Waals surface area contributed by atoms with Crippen LogP contribution in [0.2, 0.25) is 0 Å². The number of amides is 1. The second-order valence-corrected chi connectivity index (χ2v) is 6.82. The van der Waals surface area contributed by atoms with Crippen molar-refractivity contribution in [2.45, 2.75) is 31.7 Å². The zero-order chi connectivity index (χ0) is 18.6. The topological polar surface area (TPSA) is 59.8 Å². The Bertz CT molecular complexity index is 917. The largest absolute Gasteiger partial charge is 0.354 e. The van der Waals surface area contributed by atoms with Crippen LogP contribution >= 0.6 is 0 Å². The molecule has 0 bridgehead atoms. The molecule has 5 nitrogen and oxygen atoms in total. The highest BCUT2D eigenvalue weighted by atomic mass is 19.1. The molecule has 2 heterocycles. The summed E-state index contributed by atoms with van der Waals surface area (Å²) in [5, 5.41) is 7.61. The van der Waals surface area contributed by atoms with Crippen LogP contribution in [0.3, 0.4) is 0 Å². The van der Waals surface area contributed by atoms with Crippen molar-refractivity contribution in [3.8, 4) is 11.4 Å². The summed E-state index contributed by atoms with van der Waals surface area (Å²) in [7, 11) is 0. The van der Waals surface area contributed by atoms with Gasteiger partial charge in [-0.05, 0) is 48.7 Å². The second kappa shape index (κ2) is 7.70. The molecule has 0 unspecified atom stereocenters. The van der Waals surface area contributed by atoms with Crippen LogP contribution in [-0.2, 0) is 17.8 Å². The van der Waals surface area contributed by atoms with Gasteiger partial charge in [0, 0.05) is 24.4 Å². The molecule has 6 heteroatoms. The van der Waals surface area contributed by atoms with Crippen LogP contribution in [0, 0.1) is 5.82 Å². The normalized spacial score (nSPS) is 13.5. The highest BCUT2D eigenvalue weighted by Gasteiger charge is 2.28. The maximum atomic E-state index is 12.9. The molecule has 1 aliphatic carbocycles. The van der Waals surface area contributed by atoms with Crippen LogP contribution in [0.5, 0.6) is 0 Å². The van der Waals surface area contributed by atoms with Gasteiger partial charge < -0.3 is 5.32 Å². The maximum Gasteiger partial charge on any atom is 0.224 e. The molecule has 4 rings (SSSR count). The van der Waals surface area contributed by atoms with Crippen molar-refractivity contribution in [1.82, 2.24) is 20.1 Å². The Morgan fingerprint density at radius 3 is 2.67 bits per heavy atom. The molecule has 0 aliphatic heterocycles. The van der Waals surface area contributed by atoms with E-state index in [1.807, 2.05) is 22.9 Å². The highest BCUT2D eigenvalue weighted by Crippen LogP contribution is 2.41. The highest BCUT2D eigenvalue weighted by molar-refractivity contribution is 5.78. The number of nitrogens with one attached hydrogen (secondary N) is 1. The van der Waals surface area contributed by atoms with Gasteiger partial charge >= 0.3 is 0 Å². The van der Waals surface area contributed by atoms with Crippen LogP contribution < -0.4 is 5.32 Å². The molecule has 0 radical (unpaired) electrons. The number of benzene rings is 1. The number of aromatic nitrogens is 3. The van der Waals surface area contributed by atoms with Gasteiger partial charge in [0.1, 0.15) is 11.5 Å². The summed E-state index contributed by atoms with van der Waals surface area (Å²) < 4.78 is 14.9. The lowest BCUT2D eigenvalue weighted by molar-refractivity contribution is -0.120. The fourth-order valence-corrected chi connectivity index (χ4v) is 3.11. The van der Waals surface area contributed by atoms with Crippen LogP contribution in [0.15, 0.2) is 54.7 Å². The Balaban J connectivity index is 1.37. The lowest BCUT2D eigenvalue weighted by Gasteiger charge is -2.08. The molecule has 1 N–H and O–H groups in total. The van der Waals surface area contributed by atoms with Crippen molar-refractivity contribution in [3.05, 3.63) is 71.8 Å².